The van der Waals surface area contributed by atoms with Crippen LogP contribution >= 0.6 is 0 Å². The van der Waals surface area contributed by atoms with Gasteiger partial charge in [0.05, 0.1) is 17.8 Å². The van der Waals surface area contributed by atoms with Crippen molar-refractivity contribution in [3.05, 3.63) is 65.2 Å². The molecule has 0 saturated heterocycles. The third-order valence-corrected chi connectivity index (χ3v) is 3.41. The Bertz CT molecular complexity index is 627. The number of hydrogen-bond donors (Lipinski definition) is 1. The molecule has 4 heteroatoms. The highest BCUT2D eigenvalue weighted by Gasteiger charge is 2.28. The summed E-state index contributed by atoms with van der Waals surface area (Å²) < 4.78 is 13.7. The van der Waals surface area contributed by atoms with E-state index in [0.29, 0.717) is 0 Å². The monoisotopic (exact) mass is 256 g/mol. The number of carbonyl (C=O) groups excluding carboxylic acids is 1. The molecule has 1 aliphatic rings. The Morgan fingerprint density at radius 2 is 2.16 bits per heavy atom. The number of rotatable bonds is 2. The van der Waals surface area contributed by atoms with Crippen molar-refractivity contribution in [1.29, 1.82) is 0 Å². The van der Waals surface area contributed by atoms with E-state index < -0.39 is 11.9 Å². The zero-order valence-electron chi connectivity index (χ0n) is 10.3. The van der Waals surface area contributed by atoms with E-state index in [4.69, 9.17) is 0 Å². The molecule has 0 radical (unpaired) electrons. The van der Waals surface area contributed by atoms with Gasteiger partial charge in [0.2, 0.25) is 0 Å². The van der Waals surface area contributed by atoms with Crippen LogP contribution in [0.4, 0.5) is 4.39 Å². The summed E-state index contributed by atoms with van der Waals surface area (Å²) in [5.74, 6) is -0.815. The van der Waals surface area contributed by atoms with Crippen LogP contribution in [0.3, 0.4) is 0 Å². The molecule has 0 bridgehead atoms. The summed E-state index contributed by atoms with van der Waals surface area (Å²) in [6.45, 7) is 0.722. The summed E-state index contributed by atoms with van der Waals surface area (Å²) >= 11 is 0. The minimum atomic E-state index is -0.572. The maximum absolute atomic E-state index is 13.7. The van der Waals surface area contributed by atoms with Crippen LogP contribution in [0.1, 0.15) is 27.5 Å². The average molecular weight is 256 g/mol. The molecule has 0 fully saturated rings. The van der Waals surface area contributed by atoms with E-state index in [1.807, 2.05) is 24.3 Å². The molecule has 3 rings (SSSR count). The van der Waals surface area contributed by atoms with Crippen LogP contribution in [0.2, 0.25) is 0 Å². The van der Waals surface area contributed by atoms with Crippen LogP contribution in [-0.4, -0.2) is 17.3 Å². The van der Waals surface area contributed by atoms with E-state index in [1.54, 1.807) is 0 Å². The Hall–Kier alpha value is -2.07. The van der Waals surface area contributed by atoms with Gasteiger partial charge in [-0.3, -0.25) is 9.78 Å². The van der Waals surface area contributed by atoms with Gasteiger partial charge in [-0.25, -0.2) is 4.39 Å². The topological polar surface area (TPSA) is 42.0 Å². The Morgan fingerprint density at radius 3 is 3.00 bits per heavy atom. The van der Waals surface area contributed by atoms with Crippen LogP contribution in [0, 0.1) is 5.82 Å². The highest BCUT2D eigenvalue weighted by molar-refractivity contribution is 6.01. The number of aromatic nitrogens is 1. The number of carbonyl (C=O) groups is 1. The molecule has 1 unspecified atom stereocenters. The van der Waals surface area contributed by atoms with Gasteiger partial charge in [-0.2, -0.15) is 0 Å². The lowest BCUT2D eigenvalue weighted by atomic mass is 9.90. The SMILES string of the molecule is O=C(c1ccncc1F)C1NCCc2ccccc21. The van der Waals surface area contributed by atoms with Gasteiger partial charge in [0, 0.05) is 12.7 Å². The minimum Gasteiger partial charge on any atom is -0.303 e. The van der Waals surface area contributed by atoms with E-state index in [2.05, 4.69) is 10.3 Å². The first-order valence-corrected chi connectivity index (χ1v) is 6.22. The van der Waals surface area contributed by atoms with Crippen molar-refractivity contribution in [2.24, 2.45) is 0 Å². The first kappa shape index (κ1) is 12.0. The molecule has 96 valence electrons. The smallest absolute Gasteiger partial charge is 0.187 e. The van der Waals surface area contributed by atoms with Gasteiger partial charge in [-0.15, -0.1) is 0 Å². The third kappa shape index (κ3) is 2.15. The second kappa shape index (κ2) is 4.90. The predicted octanol–water partition coefficient (Wildman–Crippen LogP) is 2.29. The van der Waals surface area contributed by atoms with E-state index >= 15 is 0 Å². The maximum Gasteiger partial charge on any atom is 0.187 e. The molecule has 0 saturated carbocycles. The van der Waals surface area contributed by atoms with Crippen molar-refractivity contribution in [1.82, 2.24) is 10.3 Å². The average Bonchev–Trinajstić information content (AvgIpc) is 2.46. The van der Waals surface area contributed by atoms with E-state index in [-0.39, 0.29) is 11.3 Å². The maximum atomic E-state index is 13.7. The molecule has 3 nitrogen and oxygen atoms in total. The number of ketones is 1. The molecule has 1 N–H and O–H groups in total. The quantitative estimate of drug-likeness (QED) is 0.838. The molecule has 1 aromatic heterocycles. The Balaban J connectivity index is 2.00. The van der Waals surface area contributed by atoms with Crippen molar-refractivity contribution in [2.45, 2.75) is 12.5 Å². The highest BCUT2D eigenvalue weighted by atomic mass is 19.1. The predicted molar refractivity (Wildman–Crippen MR) is 69.4 cm³/mol. The summed E-state index contributed by atoms with van der Waals surface area (Å²) in [5, 5.41) is 3.16. The lowest BCUT2D eigenvalue weighted by Gasteiger charge is -2.25. The minimum absolute atomic E-state index is 0.0872. The second-order valence-electron chi connectivity index (χ2n) is 4.56. The number of nitrogens with one attached hydrogen (secondary N) is 1. The number of fused-ring (bicyclic) bond motifs is 1. The summed E-state index contributed by atoms with van der Waals surface area (Å²) in [4.78, 5) is 16.1. The van der Waals surface area contributed by atoms with Crippen LogP contribution in [-0.2, 0) is 6.42 Å². The molecule has 1 aliphatic heterocycles. The second-order valence-corrected chi connectivity index (χ2v) is 4.56. The summed E-state index contributed by atoms with van der Waals surface area (Å²) in [7, 11) is 0. The fraction of sp³-hybridized carbons (Fsp3) is 0.200. The Kier molecular flexibility index (Phi) is 3.09. The van der Waals surface area contributed by atoms with Crippen molar-refractivity contribution in [2.75, 3.05) is 6.54 Å². The summed E-state index contributed by atoms with van der Waals surface area (Å²) in [6.07, 6.45) is 3.39. The van der Waals surface area contributed by atoms with Crippen molar-refractivity contribution < 1.29 is 9.18 Å². The molecule has 2 aromatic rings. The molecular formula is C15H13FN2O. The lowest BCUT2D eigenvalue weighted by Crippen LogP contribution is -2.35. The standard InChI is InChI=1S/C15H13FN2O/c16-13-9-17-7-6-12(13)15(19)14-11-4-2-1-3-10(11)5-8-18-14/h1-4,6-7,9,14,18H,5,8H2. The van der Waals surface area contributed by atoms with Gasteiger partial charge in [-0.05, 0) is 23.6 Å². The molecule has 1 atom stereocenters. The molecule has 0 amide bonds. The van der Waals surface area contributed by atoms with Crippen LogP contribution in [0.25, 0.3) is 0 Å². The van der Waals surface area contributed by atoms with Gasteiger partial charge in [-0.1, -0.05) is 24.3 Å². The van der Waals surface area contributed by atoms with Crippen molar-refractivity contribution >= 4 is 5.78 Å². The zero-order valence-corrected chi connectivity index (χ0v) is 10.3. The Labute approximate surface area is 110 Å². The van der Waals surface area contributed by atoms with E-state index in [9.17, 15) is 9.18 Å². The first-order valence-electron chi connectivity index (χ1n) is 6.22. The van der Waals surface area contributed by atoms with E-state index in [0.717, 1.165) is 30.3 Å². The van der Waals surface area contributed by atoms with Crippen molar-refractivity contribution in [3.8, 4) is 0 Å². The largest absolute Gasteiger partial charge is 0.303 e. The lowest BCUT2D eigenvalue weighted by molar-refractivity contribution is 0.0935. The zero-order chi connectivity index (χ0) is 13.2. The Morgan fingerprint density at radius 1 is 1.32 bits per heavy atom. The molecular weight excluding hydrogens is 243 g/mol. The third-order valence-electron chi connectivity index (χ3n) is 3.41. The fourth-order valence-electron chi connectivity index (χ4n) is 2.47. The van der Waals surface area contributed by atoms with Crippen LogP contribution in [0.15, 0.2) is 42.7 Å². The van der Waals surface area contributed by atoms with Crippen LogP contribution in [0.5, 0.6) is 0 Å². The van der Waals surface area contributed by atoms with Gasteiger partial charge in [0.15, 0.2) is 11.6 Å². The van der Waals surface area contributed by atoms with Gasteiger partial charge in [0.25, 0.3) is 0 Å². The van der Waals surface area contributed by atoms with Crippen LogP contribution < -0.4 is 5.32 Å². The van der Waals surface area contributed by atoms with Gasteiger partial charge < -0.3 is 5.32 Å². The summed E-state index contributed by atoms with van der Waals surface area (Å²) in [5.41, 5.74) is 2.17. The molecule has 1 aromatic carbocycles. The number of hydrogen-bond acceptors (Lipinski definition) is 3. The molecule has 19 heavy (non-hydrogen) atoms. The van der Waals surface area contributed by atoms with Crippen molar-refractivity contribution in [3.63, 3.8) is 0 Å². The number of pyridine rings is 1. The normalized spacial score (nSPS) is 17.8. The van der Waals surface area contributed by atoms with Gasteiger partial charge >= 0.3 is 0 Å². The molecule has 0 aliphatic carbocycles. The fourth-order valence-corrected chi connectivity index (χ4v) is 2.47. The summed E-state index contributed by atoms with van der Waals surface area (Å²) in [6, 6.07) is 8.74. The number of nitrogens with zero attached hydrogens (tertiary/aromatic N) is 1. The van der Waals surface area contributed by atoms with E-state index in [1.165, 1.54) is 12.3 Å². The molecule has 0 spiro atoms. The highest BCUT2D eigenvalue weighted by Crippen LogP contribution is 2.26. The molecule has 2 heterocycles. The number of Topliss-reactive ketones (excluding diaryl/α,β-unsaturated/α-hetero) is 1. The number of halogens is 1. The number of benzene rings is 1. The van der Waals surface area contributed by atoms with Gasteiger partial charge in [0.1, 0.15) is 0 Å². The first-order chi connectivity index (χ1) is 9.27.